The number of allylic oxidation sites excluding steroid dienone is 4. The van der Waals surface area contributed by atoms with Crippen LogP contribution in [0.2, 0.25) is 0 Å². The van der Waals surface area contributed by atoms with Gasteiger partial charge in [-0.05, 0) is 64.2 Å². The number of hydrogen-bond donors (Lipinski definition) is 5. The van der Waals surface area contributed by atoms with E-state index in [0.29, 0.717) is 19.3 Å². The quantitative estimate of drug-likeness (QED) is 0.0411. The third kappa shape index (κ3) is 25.3. The number of hydrogen-bond acceptors (Lipinski definition) is 5. The van der Waals surface area contributed by atoms with Crippen LogP contribution in [0.3, 0.4) is 0 Å². The Bertz CT molecular complexity index is 638. The number of carbonyl (C=O) groups excluding carboxylic acids is 1. The van der Waals surface area contributed by atoms with E-state index >= 15 is 0 Å². The van der Waals surface area contributed by atoms with E-state index in [2.05, 4.69) is 43.5 Å². The summed E-state index contributed by atoms with van der Waals surface area (Å²) in [5.41, 5.74) is 0. The van der Waals surface area contributed by atoms with E-state index in [-0.39, 0.29) is 0 Å². The van der Waals surface area contributed by atoms with Gasteiger partial charge in [0.15, 0.2) is 0 Å². The average Bonchev–Trinajstić information content (AvgIpc) is 2.99. The molecule has 0 aliphatic heterocycles. The molecule has 0 saturated carbocycles. The molecule has 0 aliphatic carbocycles. The molecule has 0 aliphatic rings. The summed E-state index contributed by atoms with van der Waals surface area (Å²) in [6, 6.07) is -1.00. The van der Waals surface area contributed by atoms with Gasteiger partial charge in [0, 0.05) is 0 Å². The molecule has 0 rings (SSSR count). The standard InChI is InChI=1S/C36H69NO5/c1-3-5-7-9-11-13-14-15-16-17-18-19-20-22-24-26-28-30-34(40)36(42)37-32(31-38)35(41)33(39)29-27-25-23-21-12-10-8-6-4-2/h18-19,21,23,32-35,38-41H,3-17,20,22,24-31H2,1-2H3,(H,37,42)/b19-18-,23-21+. The van der Waals surface area contributed by atoms with Crippen LogP contribution in [-0.2, 0) is 4.79 Å². The van der Waals surface area contributed by atoms with E-state index < -0.39 is 36.9 Å². The van der Waals surface area contributed by atoms with E-state index in [1.165, 1.54) is 89.9 Å². The molecule has 0 fully saturated rings. The molecule has 5 N–H and O–H groups in total. The lowest BCUT2D eigenvalue weighted by Gasteiger charge is -2.27. The van der Waals surface area contributed by atoms with Crippen LogP contribution in [0.5, 0.6) is 0 Å². The van der Waals surface area contributed by atoms with Crippen molar-refractivity contribution >= 4 is 5.91 Å². The minimum atomic E-state index is -1.28. The second kappa shape index (κ2) is 31.2. The molecule has 6 nitrogen and oxygen atoms in total. The fraction of sp³-hybridized carbons (Fsp3) is 0.861. The molecule has 0 saturated heterocycles. The van der Waals surface area contributed by atoms with Gasteiger partial charge in [0.25, 0.3) is 0 Å². The highest BCUT2D eigenvalue weighted by atomic mass is 16.3. The van der Waals surface area contributed by atoms with Crippen molar-refractivity contribution in [3.8, 4) is 0 Å². The third-order valence-electron chi connectivity index (χ3n) is 8.13. The highest BCUT2D eigenvalue weighted by Crippen LogP contribution is 2.13. The van der Waals surface area contributed by atoms with Crippen molar-refractivity contribution in [2.75, 3.05) is 6.61 Å². The summed E-state index contributed by atoms with van der Waals surface area (Å²) < 4.78 is 0. The van der Waals surface area contributed by atoms with E-state index in [9.17, 15) is 25.2 Å². The Morgan fingerprint density at radius 2 is 0.976 bits per heavy atom. The smallest absolute Gasteiger partial charge is 0.249 e. The summed E-state index contributed by atoms with van der Waals surface area (Å²) in [6.45, 7) is 3.96. The van der Waals surface area contributed by atoms with Crippen LogP contribution in [0.1, 0.15) is 168 Å². The summed E-state index contributed by atoms with van der Waals surface area (Å²) in [5.74, 6) is -0.606. The molecule has 4 unspecified atom stereocenters. The number of aliphatic hydroxyl groups excluding tert-OH is 4. The predicted molar refractivity (Wildman–Crippen MR) is 177 cm³/mol. The minimum absolute atomic E-state index is 0.349. The molecule has 0 radical (unpaired) electrons. The Balaban J connectivity index is 3.86. The van der Waals surface area contributed by atoms with Crippen molar-refractivity contribution < 1.29 is 25.2 Å². The van der Waals surface area contributed by atoms with Crippen LogP contribution >= 0.6 is 0 Å². The Hall–Kier alpha value is -1.21. The second-order valence-electron chi connectivity index (χ2n) is 12.2. The highest BCUT2D eigenvalue weighted by molar-refractivity contribution is 5.80. The van der Waals surface area contributed by atoms with Gasteiger partial charge in [0.1, 0.15) is 12.2 Å². The lowest BCUT2D eigenvalue weighted by Crippen LogP contribution is -2.53. The zero-order valence-electron chi connectivity index (χ0n) is 27.5. The fourth-order valence-electron chi connectivity index (χ4n) is 5.22. The van der Waals surface area contributed by atoms with E-state index in [0.717, 1.165) is 44.9 Å². The van der Waals surface area contributed by atoms with Crippen molar-refractivity contribution in [3.63, 3.8) is 0 Å². The van der Waals surface area contributed by atoms with Gasteiger partial charge in [0.05, 0.1) is 18.8 Å². The normalized spacial score (nSPS) is 14.9. The van der Waals surface area contributed by atoms with Gasteiger partial charge >= 0.3 is 0 Å². The summed E-state index contributed by atoms with van der Waals surface area (Å²) in [7, 11) is 0. The number of nitrogens with one attached hydrogen (secondary N) is 1. The first-order chi connectivity index (χ1) is 20.5. The molecule has 1 amide bonds. The van der Waals surface area contributed by atoms with Gasteiger partial charge in [0.2, 0.25) is 5.91 Å². The highest BCUT2D eigenvalue weighted by Gasteiger charge is 2.28. The number of amides is 1. The van der Waals surface area contributed by atoms with Crippen LogP contribution in [0.4, 0.5) is 0 Å². The topological polar surface area (TPSA) is 110 Å². The van der Waals surface area contributed by atoms with Crippen LogP contribution in [-0.4, -0.2) is 57.3 Å². The van der Waals surface area contributed by atoms with Gasteiger partial charge in [-0.15, -0.1) is 0 Å². The van der Waals surface area contributed by atoms with Gasteiger partial charge < -0.3 is 25.7 Å². The first kappa shape index (κ1) is 40.8. The molecule has 0 aromatic carbocycles. The third-order valence-corrected chi connectivity index (χ3v) is 8.13. The SMILES string of the molecule is CCCCCC/C=C/CCCC(O)C(O)C(CO)NC(=O)C(O)CCCCCC/C=C\CCCCCCCCCCC. The zero-order valence-corrected chi connectivity index (χ0v) is 27.5. The van der Waals surface area contributed by atoms with E-state index in [1.54, 1.807) is 0 Å². The Morgan fingerprint density at radius 3 is 1.45 bits per heavy atom. The minimum Gasteiger partial charge on any atom is -0.394 e. The van der Waals surface area contributed by atoms with Gasteiger partial charge in [-0.3, -0.25) is 4.79 Å². The van der Waals surface area contributed by atoms with Crippen molar-refractivity contribution in [2.24, 2.45) is 0 Å². The molecule has 4 atom stereocenters. The number of unbranched alkanes of at least 4 members (excludes halogenated alkanes) is 18. The number of carbonyl (C=O) groups is 1. The van der Waals surface area contributed by atoms with Crippen molar-refractivity contribution in [1.82, 2.24) is 5.32 Å². The summed E-state index contributed by atoms with van der Waals surface area (Å²) >= 11 is 0. The van der Waals surface area contributed by atoms with Gasteiger partial charge in [-0.2, -0.15) is 0 Å². The molecule has 0 bridgehead atoms. The molecule has 248 valence electrons. The first-order valence-electron chi connectivity index (χ1n) is 17.7. The molecule has 0 aromatic heterocycles. The van der Waals surface area contributed by atoms with Crippen LogP contribution in [0, 0.1) is 0 Å². The van der Waals surface area contributed by atoms with Crippen molar-refractivity contribution in [1.29, 1.82) is 0 Å². The maximum Gasteiger partial charge on any atom is 0.249 e. The average molecular weight is 596 g/mol. The molecule has 0 aromatic rings. The van der Waals surface area contributed by atoms with Crippen LogP contribution in [0.25, 0.3) is 0 Å². The molecular formula is C36H69NO5. The number of aliphatic hydroxyl groups is 4. The maximum absolute atomic E-state index is 12.4. The lowest BCUT2D eigenvalue weighted by molar-refractivity contribution is -0.132. The molecule has 0 spiro atoms. The largest absolute Gasteiger partial charge is 0.394 e. The molecule has 6 heteroatoms. The van der Waals surface area contributed by atoms with Crippen LogP contribution < -0.4 is 5.32 Å². The van der Waals surface area contributed by atoms with Crippen LogP contribution in [0.15, 0.2) is 24.3 Å². The van der Waals surface area contributed by atoms with E-state index in [4.69, 9.17) is 0 Å². The second-order valence-corrected chi connectivity index (χ2v) is 12.2. The van der Waals surface area contributed by atoms with Gasteiger partial charge in [-0.1, -0.05) is 128 Å². The summed E-state index contributed by atoms with van der Waals surface area (Å²) in [6.07, 6.45) is 32.1. The van der Waals surface area contributed by atoms with E-state index in [1.807, 2.05) is 0 Å². The molecule has 42 heavy (non-hydrogen) atoms. The van der Waals surface area contributed by atoms with Crippen molar-refractivity contribution in [3.05, 3.63) is 24.3 Å². The zero-order chi connectivity index (χ0) is 31.1. The Kier molecular flexibility index (Phi) is 30.3. The molecule has 0 heterocycles. The molecular weight excluding hydrogens is 526 g/mol. The first-order valence-corrected chi connectivity index (χ1v) is 17.7. The van der Waals surface area contributed by atoms with Crippen molar-refractivity contribution in [2.45, 2.75) is 192 Å². The number of rotatable bonds is 31. The summed E-state index contributed by atoms with van der Waals surface area (Å²) in [4.78, 5) is 12.4. The fourth-order valence-corrected chi connectivity index (χ4v) is 5.22. The maximum atomic E-state index is 12.4. The monoisotopic (exact) mass is 596 g/mol. The predicted octanol–water partition coefficient (Wildman–Crippen LogP) is 8.06. The Morgan fingerprint density at radius 1 is 0.571 bits per heavy atom. The summed E-state index contributed by atoms with van der Waals surface area (Å²) in [5, 5.41) is 43.2. The lowest BCUT2D eigenvalue weighted by atomic mass is 10.00. The van der Waals surface area contributed by atoms with Gasteiger partial charge in [-0.25, -0.2) is 0 Å². The Labute approximate surface area is 259 Å².